The molecule has 0 N–H and O–H groups in total. The molecule has 0 unspecified atom stereocenters. The molecule has 6 heterocycles. The zero-order valence-electron chi connectivity index (χ0n) is 75.5. The highest BCUT2D eigenvalue weighted by molar-refractivity contribution is 6.28. The first-order chi connectivity index (χ1) is 69.5. The molecule has 0 radical (unpaired) electrons. The summed E-state index contributed by atoms with van der Waals surface area (Å²) in [6.07, 6.45) is 0. The lowest BCUT2D eigenvalue weighted by molar-refractivity contribution is 0.627. The first-order valence-electron chi connectivity index (χ1n) is 46.7. The van der Waals surface area contributed by atoms with E-state index < -0.39 is 0 Å². The van der Waals surface area contributed by atoms with E-state index >= 15 is 0 Å². The summed E-state index contributed by atoms with van der Waals surface area (Å²) in [5, 5.41) is 40.2. The van der Waals surface area contributed by atoms with Gasteiger partial charge in [-0.25, -0.2) is 38.1 Å². The number of para-hydroxylation sites is 5. The summed E-state index contributed by atoms with van der Waals surface area (Å²) in [5.74, 6) is -0.129. The molecule has 12 heteroatoms. The highest BCUT2D eigenvalue weighted by atomic mass is 19.1. The number of rotatable bonds is 11. The van der Waals surface area contributed by atoms with Crippen LogP contribution in [0.4, 0.5) is 13.2 Å². The maximum Gasteiger partial charge on any atom is 0.161 e. The van der Waals surface area contributed by atoms with Crippen LogP contribution in [0.2, 0.25) is 0 Å². The van der Waals surface area contributed by atoms with Gasteiger partial charge in [0, 0.05) is 115 Å². The van der Waals surface area contributed by atoms with Gasteiger partial charge >= 0.3 is 0 Å². The molecule has 0 bridgehead atoms. The molecule has 27 aromatic rings. The highest BCUT2D eigenvalue weighted by Crippen LogP contribution is 2.48. The normalized spacial score (nSPS) is 11.5. The molecule has 0 saturated heterocycles. The Kier molecular flexibility index (Phi) is 20.7. The van der Waals surface area contributed by atoms with E-state index in [-0.39, 0.29) is 17.5 Å². The smallest absolute Gasteiger partial charge is 0.161 e. The minimum absolute atomic E-state index is 0.264. The van der Waals surface area contributed by atoms with E-state index in [1.165, 1.54) is 36.4 Å². The lowest BCUT2D eigenvalue weighted by atomic mass is 9.91. The Labute approximate surface area is 807 Å². The van der Waals surface area contributed by atoms with Gasteiger partial charge in [-0.1, -0.05) is 279 Å². The number of benzene rings is 21. The Morgan fingerprint density at radius 2 is 0.489 bits per heavy atom. The summed E-state index contributed by atoms with van der Waals surface area (Å²) in [4.78, 5) is 25.3. The minimum Gasteiger partial charge on any atom is -0.309 e. The van der Waals surface area contributed by atoms with Gasteiger partial charge in [0.2, 0.25) is 0 Å². The van der Waals surface area contributed by atoms with Crippen molar-refractivity contribution in [2.24, 2.45) is 0 Å². The van der Waals surface area contributed by atoms with E-state index in [0.29, 0.717) is 17.0 Å². The average molecular weight is 1810 g/mol. The van der Waals surface area contributed by atoms with Crippen molar-refractivity contribution in [2.75, 3.05) is 0 Å². The molecular formula is C129H76F3N9. The van der Waals surface area contributed by atoms with Gasteiger partial charge in [-0.2, -0.15) is 10.5 Å². The van der Waals surface area contributed by atoms with Crippen LogP contribution in [-0.4, -0.2) is 34.1 Å². The average Bonchev–Trinajstić information content (AvgIpc) is 1.62. The van der Waals surface area contributed by atoms with Crippen LogP contribution in [0.5, 0.6) is 0 Å². The van der Waals surface area contributed by atoms with Crippen LogP contribution in [0, 0.1) is 40.1 Å². The van der Waals surface area contributed by atoms with Crippen molar-refractivity contribution in [1.29, 1.82) is 10.5 Å². The van der Waals surface area contributed by atoms with Crippen molar-refractivity contribution in [2.45, 2.75) is 0 Å². The molecule has 6 aromatic heterocycles. The van der Waals surface area contributed by atoms with Crippen molar-refractivity contribution >= 4 is 141 Å². The predicted octanol–water partition coefficient (Wildman–Crippen LogP) is 33.8. The molecule has 0 saturated carbocycles. The number of hydrogen-bond donors (Lipinski definition) is 0. The second-order valence-electron chi connectivity index (χ2n) is 35.4. The number of hydrogen-bond acceptors (Lipinski definition) is 7. The maximum absolute atomic E-state index is 13.9. The minimum atomic E-state index is -0.267. The second kappa shape index (κ2) is 35.0. The van der Waals surface area contributed by atoms with Gasteiger partial charge in [0.25, 0.3) is 0 Å². The van der Waals surface area contributed by atoms with E-state index in [2.05, 4.69) is 270 Å². The van der Waals surface area contributed by atoms with Crippen molar-refractivity contribution in [3.8, 4) is 125 Å². The van der Waals surface area contributed by atoms with E-state index in [4.69, 9.17) is 24.9 Å². The van der Waals surface area contributed by atoms with Gasteiger partial charge in [-0.15, -0.1) is 0 Å². The number of nitrogens with zero attached hydrogens (tertiary/aromatic N) is 9. The van der Waals surface area contributed by atoms with Gasteiger partial charge < -0.3 is 9.13 Å². The van der Waals surface area contributed by atoms with E-state index in [1.54, 1.807) is 36.4 Å². The summed E-state index contributed by atoms with van der Waals surface area (Å²) >= 11 is 0. The SMILES string of the molecule is Fc1ccc(-c2nc3ccccc3c3c2ccc2c(-c4nc(-c5ccccc5)cc(-c5ccccc5)n4)cccc23)cc1.N#Cc1ccc2c(c1)c1cc(-c3ccc(-c4cccc5c4ccc4c(-c6ccc(F)cc6)nc6ccccc6c45)cc3)ccc1n2-c1ccccc1.N#Cc1ccc2c(c1)c1cc(-c3cccc4c3ccc3c(-c5ccc(F)cc5)nc5ccccc5c34)ccc1n2-c1ccccc1. The largest absolute Gasteiger partial charge is 0.309 e. The van der Waals surface area contributed by atoms with Gasteiger partial charge in [0.15, 0.2) is 5.82 Å². The fourth-order valence-electron chi connectivity index (χ4n) is 20.8. The molecule has 0 atom stereocenters. The highest BCUT2D eigenvalue weighted by Gasteiger charge is 2.24. The molecular weight excluding hydrogens is 1730 g/mol. The van der Waals surface area contributed by atoms with Crippen LogP contribution in [0.15, 0.2) is 461 Å². The number of halogens is 3. The Hall–Kier alpha value is -19.1. The van der Waals surface area contributed by atoms with Crippen molar-refractivity contribution in [3.63, 3.8) is 0 Å². The molecule has 27 rings (SSSR count). The zero-order chi connectivity index (χ0) is 94.3. The topological polar surface area (TPSA) is 122 Å². The van der Waals surface area contributed by atoms with Crippen molar-refractivity contribution in [3.05, 3.63) is 490 Å². The molecule has 0 fully saturated rings. The molecule has 21 aromatic carbocycles. The Morgan fingerprint density at radius 1 is 0.191 bits per heavy atom. The van der Waals surface area contributed by atoms with Crippen LogP contribution in [0.25, 0.3) is 253 Å². The number of fused-ring (bicyclic) bond motifs is 21. The summed E-state index contributed by atoms with van der Waals surface area (Å²) in [6.45, 7) is 0. The third kappa shape index (κ3) is 14.9. The first kappa shape index (κ1) is 83.7. The molecule has 0 aliphatic heterocycles. The second-order valence-corrected chi connectivity index (χ2v) is 35.4. The standard InChI is InChI=1S/C48H28FN3.C42H24FN3.C39H24FN3/c49-35-21-18-33(19-22-35)48-41-24-23-38-37(10-6-11-39(38)47(41)40-9-4-5-12-44(40)51-48)32-16-14-31(15-17-32)34-20-26-46-43(28-34)42-27-30(29-50)13-25-45(42)52(46)36-7-2-1-3-8-36;43-29-17-14-27(15-18-29)42-35-20-19-32-31(10-6-11-33(32)41(35)34-9-4-5-12-38(34)45-42)28-16-22-40-37(24-28)36-23-26(25-44)13-21-39(36)46(40)30-7-2-1-3-8-30;40-28-20-18-27(19-21-28)38-33-23-22-29-30(37(33)32-14-7-8-17-34(32)41-38)15-9-16-31(29)39-42-35(25-10-3-1-4-11-25)24-36(43-39)26-12-5-2-6-13-26/h1-28H;1-24H;1-24H. The fourth-order valence-corrected chi connectivity index (χ4v) is 20.8. The number of aromatic nitrogens is 7. The molecule has 141 heavy (non-hydrogen) atoms. The Bertz CT molecular complexity index is 9770. The third-order valence-corrected chi connectivity index (χ3v) is 27.3. The summed E-state index contributed by atoms with van der Waals surface area (Å²) in [6, 6.07) is 158. The molecule has 0 spiro atoms. The fraction of sp³-hybridized carbons (Fsp3) is 0. The van der Waals surface area contributed by atoms with E-state index in [1.807, 2.05) is 140 Å². The lowest BCUT2D eigenvalue weighted by Gasteiger charge is -2.15. The van der Waals surface area contributed by atoms with Gasteiger partial charge in [-0.05, 0) is 248 Å². The van der Waals surface area contributed by atoms with E-state index in [0.717, 1.165) is 248 Å². The van der Waals surface area contributed by atoms with Crippen LogP contribution >= 0.6 is 0 Å². The number of nitriles is 2. The molecule has 0 aliphatic rings. The van der Waals surface area contributed by atoms with Crippen molar-refractivity contribution < 1.29 is 13.2 Å². The van der Waals surface area contributed by atoms with Gasteiger partial charge in [0.05, 0.1) is 90.4 Å². The molecule has 0 aliphatic carbocycles. The molecule has 658 valence electrons. The molecule has 0 amide bonds. The summed E-state index contributed by atoms with van der Waals surface area (Å²) in [7, 11) is 0. The van der Waals surface area contributed by atoms with Crippen LogP contribution in [-0.2, 0) is 0 Å². The maximum atomic E-state index is 13.9. The lowest BCUT2D eigenvalue weighted by Crippen LogP contribution is -1.97. The van der Waals surface area contributed by atoms with Gasteiger partial charge in [-0.3, -0.25) is 0 Å². The summed E-state index contributed by atoms with van der Waals surface area (Å²) < 4.78 is 46.1. The Balaban J connectivity index is 0.000000112. The number of pyridine rings is 3. The van der Waals surface area contributed by atoms with Crippen LogP contribution < -0.4 is 0 Å². The van der Waals surface area contributed by atoms with Crippen LogP contribution in [0.3, 0.4) is 0 Å². The molecule has 9 nitrogen and oxygen atoms in total. The Morgan fingerprint density at radius 3 is 0.887 bits per heavy atom. The van der Waals surface area contributed by atoms with E-state index in [9.17, 15) is 23.7 Å². The van der Waals surface area contributed by atoms with Crippen LogP contribution in [0.1, 0.15) is 11.1 Å². The van der Waals surface area contributed by atoms with Crippen molar-refractivity contribution in [1.82, 2.24) is 34.1 Å². The zero-order valence-corrected chi connectivity index (χ0v) is 75.5. The first-order valence-corrected chi connectivity index (χ1v) is 46.7. The quantitative estimate of drug-likeness (QED) is 0.118. The predicted molar refractivity (Wildman–Crippen MR) is 573 cm³/mol. The summed E-state index contributed by atoms with van der Waals surface area (Å²) in [5.41, 5.74) is 27.1. The third-order valence-electron chi connectivity index (χ3n) is 27.3. The van der Waals surface area contributed by atoms with Gasteiger partial charge in [0.1, 0.15) is 17.5 Å². The monoisotopic (exact) mass is 1810 g/mol.